The number of hydrogen-bond acceptors (Lipinski definition) is 3. The molecule has 3 rings (SSSR count). The average Bonchev–Trinajstić information content (AvgIpc) is 3.06. The van der Waals surface area contributed by atoms with Gasteiger partial charge >= 0.3 is 0 Å². The second-order valence-electron chi connectivity index (χ2n) is 4.91. The molecule has 22 heavy (non-hydrogen) atoms. The molecular weight excluding hydrogens is 276 g/mol. The van der Waals surface area contributed by atoms with Crippen LogP contribution in [-0.2, 0) is 6.42 Å². The molecule has 1 amide bonds. The first kappa shape index (κ1) is 14.1. The van der Waals surface area contributed by atoms with Crippen molar-refractivity contribution >= 4 is 11.6 Å². The Kier molecular flexibility index (Phi) is 4.01. The predicted octanol–water partition coefficient (Wildman–Crippen LogP) is 4.16. The van der Waals surface area contributed by atoms with Gasteiger partial charge < -0.3 is 9.84 Å². The minimum Gasteiger partial charge on any atom is -0.355 e. The maximum atomic E-state index is 12.3. The third-order valence-electron chi connectivity index (χ3n) is 3.45. The fourth-order valence-corrected chi connectivity index (χ4v) is 2.26. The van der Waals surface area contributed by atoms with Gasteiger partial charge in [-0.05, 0) is 18.1 Å². The number of para-hydroxylation sites is 1. The van der Waals surface area contributed by atoms with Crippen molar-refractivity contribution in [1.29, 1.82) is 0 Å². The highest BCUT2D eigenvalue weighted by Crippen LogP contribution is 2.21. The van der Waals surface area contributed by atoms with Gasteiger partial charge in [0.15, 0.2) is 11.5 Å². The quantitative estimate of drug-likeness (QED) is 0.785. The van der Waals surface area contributed by atoms with Gasteiger partial charge in [0, 0.05) is 17.3 Å². The summed E-state index contributed by atoms with van der Waals surface area (Å²) in [4.78, 5) is 12.3. The van der Waals surface area contributed by atoms with Crippen LogP contribution in [0.4, 0.5) is 5.69 Å². The van der Waals surface area contributed by atoms with Crippen LogP contribution in [0.1, 0.15) is 23.0 Å². The summed E-state index contributed by atoms with van der Waals surface area (Å²) in [5.74, 6) is 0.307. The van der Waals surface area contributed by atoms with Crippen LogP contribution >= 0.6 is 0 Å². The lowest BCUT2D eigenvalue weighted by Crippen LogP contribution is -2.13. The van der Waals surface area contributed by atoms with E-state index in [9.17, 15) is 4.79 Å². The zero-order chi connectivity index (χ0) is 15.4. The molecule has 0 fully saturated rings. The summed E-state index contributed by atoms with van der Waals surface area (Å²) in [6.07, 6.45) is 0.852. The van der Waals surface area contributed by atoms with Crippen molar-refractivity contribution in [2.24, 2.45) is 0 Å². The number of amides is 1. The molecule has 1 aromatic heterocycles. The van der Waals surface area contributed by atoms with E-state index < -0.39 is 0 Å². The highest BCUT2D eigenvalue weighted by molar-refractivity contribution is 6.03. The number of rotatable bonds is 4. The molecule has 1 N–H and O–H groups in total. The Morgan fingerprint density at radius 3 is 2.59 bits per heavy atom. The van der Waals surface area contributed by atoms with Crippen LogP contribution in [0.2, 0.25) is 0 Å². The van der Waals surface area contributed by atoms with Gasteiger partial charge in [-0.25, -0.2) is 0 Å². The number of carbonyl (C=O) groups is 1. The third-order valence-corrected chi connectivity index (χ3v) is 3.45. The topological polar surface area (TPSA) is 55.1 Å². The number of anilines is 1. The summed E-state index contributed by atoms with van der Waals surface area (Å²) in [6.45, 7) is 2.05. The number of carbonyl (C=O) groups excluding carboxylic acids is 1. The third kappa shape index (κ3) is 2.91. The fourth-order valence-electron chi connectivity index (χ4n) is 2.26. The summed E-state index contributed by atoms with van der Waals surface area (Å²) in [5.41, 5.74) is 3.05. The van der Waals surface area contributed by atoms with Crippen molar-refractivity contribution in [3.63, 3.8) is 0 Å². The molecule has 0 aliphatic heterocycles. The summed E-state index contributed by atoms with van der Waals surface area (Å²) in [6, 6.07) is 19.0. The van der Waals surface area contributed by atoms with Gasteiger partial charge in [0.25, 0.3) is 5.91 Å². The van der Waals surface area contributed by atoms with Crippen LogP contribution in [-0.4, -0.2) is 11.1 Å². The number of hydrogen-bond donors (Lipinski definition) is 1. The fraction of sp³-hybridized carbons (Fsp3) is 0.111. The number of benzene rings is 2. The van der Waals surface area contributed by atoms with Crippen molar-refractivity contribution in [1.82, 2.24) is 5.16 Å². The van der Waals surface area contributed by atoms with Crippen LogP contribution in [0.3, 0.4) is 0 Å². The second-order valence-corrected chi connectivity index (χ2v) is 4.91. The van der Waals surface area contributed by atoms with Crippen LogP contribution in [0.25, 0.3) is 11.3 Å². The van der Waals surface area contributed by atoms with Gasteiger partial charge in [-0.15, -0.1) is 0 Å². The molecule has 0 radical (unpaired) electrons. The minimum absolute atomic E-state index is 0.268. The van der Waals surface area contributed by atoms with Crippen LogP contribution < -0.4 is 5.32 Å². The summed E-state index contributed by atoms with van der Waals surface area (Å²) in [7, 11) is 0. The maximum Gasteiger partial charge on any atom is 0.277 e. The Labute approximate surface area is 128 Å². The zero-order valence-electron chi connectivity index (χ0n) is 12.2. The van der Waals surface area contributed by atoms with Gasteiger partial charge in [-0.3, -0.25) is 4.79 Å². The number of aryl methyl sites for hydroxylation is 1. The highest BCUT2D eigenvalue weighted by atomic mass is 16.5. The lowest BCUT2D eigenvalue weighted by molar-refractivity contribution is 0.101. The van der Waals surface area contributed by atoms with Gasteiger partial charge in [-0.2, -0.15) is 0 Å². The summed E-state index contributed by atoms with van der Waals surface area (Å²) in [5, 5.41) is 6.74. The van der Waals surface area contributed by atoms with E-state index in [4.69, 9.17) is 4.52 Å². The van der Waals surface area contributed by atoms with E-state index in [-0.39, 0.29) is 11.6 Å². The zero-order valence-corrected chi connectivity index (χ0v) is 12.2. The van der Waals surface area contributed by atoms with E-state index in [1.165, 1.54) is 0 Å². The largest absolute Gasteiger partial charge is 0.355 e. The molecular formula is C18H16N2O2. The molecule has 2 aromatic carbocycles. The average molecular weight is 292 g/mol. The first-order valence-corrected chi connectivity index (χ1v) is 7.19. The maximum absolute atomic E-state index is 12.3. The van der Waals surface area contributed by atoms with Crippen molar-refractivity contribution < 1.29 is 9.32 Å². The molecule has 0 aliphatic carbocycles. The Bertz CT molecular complexity index is 779. The van der Waals surface area contributed by atoms with E-state index >= 15 is 0 Å². The molecule has 4 nitrogen and oxygen atoms in total. The first-order chi connectivity index (χ1) is 10.8. The van der Waals surface area contributed by atoms with E-state index in [2.05, 4.69) is 17.4 Å². The molecule has 0 saturated carbocycles. The van der Waals surface area contributed by atoms with Crippen molar-refractivity contribution in [3.05, 3.63) is 71.9 Å². The molecule has 0 atom stereocenters. The molecule has 0 aliphatic rings. The second kappa shape index (κ2) is 6.26. The van der Waals surface area contributed by atoms with Crippen LogP contribution in [0, 0.1) is 0 Å². The summed E-state index contributed by atoms with van der Waals surface area (Å²) < 4.78 is 5.26. The smallest absolute Gasteiger partial charge is 0.277 e. The molecule has 0 spiro atoms. The first-order valence-electron chi connectivity index (χ1n) is 7.19. The molecule has 110 valence electrons. The van der Waals surface area contributed by atoms with E-state index in [1.807, 2.05) is 54.6 Å². The van der Waals surface area contributed by atoms with Crippen molar-refractivity contribution in [3.8, 4) is 11.3 Å². The summed E-state index contributed by atoms with van der Waals surface area (Å²) >= 11 is 0. The molecule has 1 heterocycles. The minimum atomic E-state index is -0.271. The van der Waals surface area contributed by atoms with Gasteiger partial charge in [0.05, 0.1) is 0 Å². The normalized spacial score (nSPS) is 10.4. The highest BCUT2D eigenvalue weighted by Gasteiger charge is 2.14. The standard InChI is InChI=1S/C18H16N2O2/c1-2-13-8-6-7-11-15(13)19-18(21)16-12-17(22-20-16)14-9-4-3-5-10-14/h3-12H,2H2,1H3,(H,19,21). The van der Waals surface area contributed by atoms with E-state index in [0.29, 0.717) is 5.76 Å². The molecule has 4 heteroatoms. The van der Waals surface area contributed by atoms with Gasteiger partial charge in [-0.1, -0.05) is 60.6 Å². The predicted molar refractivity (Wildman–Crippen MR) is 85.7 cm³/mol. The lowest BCUT2D eigenvalue weighted by atomic mass is 10.1. The van der Waals surface area contributed by atoms with Crippen LogP contribution in [0.5, 0.6) is 0 Å². The van der Waals surface area contributed by atoms with E-state index in [1.54, 1.807) is 6.07 Å². The number of aromatic nitrogens is 1. The lowest BCUT2D eigenvalue weighted by Gasteiger charge is -2.07. The van der Waals surface area contributed by atoms with E-state index in [0.717, 1.165) is 23.2 Å². The molecule has 0 bridgehead atoms. The molecule has 3 aromatic rings. The van der Waals surface area contributed by atoms with Gasteiger partial charge in [0.1, 0.15) is 0 Å². The van der Waals surface area contributed by atoms with Crippen molar-refractivity contribution in [2.45, 2.75) is 13.3 Å². The Morgan fingerprint density at radius 1 is 1.09 bits per heavy atom. The SMILES string of the molecule is CCc1ccccc1NC(=O)c1cc(-c2ccccc2)on1. The number of nitrogens with one attached hydrogen (secondary N) is 1. The Hall–Kier alpha value is -2.88. The Morgan fingerprint density at radius 2 is 1.82 bits per heavy atom. The van der Waals surface area contributed by atoms with Crippen LogP contribution in [0.15, 0.2) is 65.2 Å². The number of nitrogens with zero attached hydrogens (tertiary/aromatic N) is 1. The van der Waals surface area contributed by atoms with Crippen molar-refractivity contribution in [2.75, 3.05) is 5.32 Å². The molecule has 0 unspecified atom stereocenters. The monoisotopic (exact) mass is 292 g/mol. The van der Waals surface area contributed by atoms with Gasteiger partial charge in [0.2, 0.25) is 0 Å². The Balaban J connectivity index is 1.80. The molecule has 0 saturated heterocycles.